The lowest BCUT2D eigenvalue weighted by Crippen LogP contribution is -2.50. The summed E-state index contributed by atoms with van der Waals surface area (Å²) in [6.07, 6.45) is 25.8. The number of amides is 1. The van der Waals surface area contributed by atoms with Gasteiger partial charge in [0.05, 0.1) is 13.2 Å². The average molecular weight is 658 g/mol. The van der Waals surface area contributed by atoms with Crippen LogP contribution in [-0.4, -0.2) is 69.5 Å². The average Bonchev–Trinajstić information content (AvgIpc) is 2.98. The summed E-state index contributed by atoms with van der Waals surface area (Å²) in [7, 11) is 0.0278. The first-order valence-electron chi connectivity index (χ1n) is 19.1. The normalized spacial score (nSPS) is 14.4. The maximum Gasteiger partial charge on any atom is 0.407 e. The number of hydrogen-bond donors (Lipinski definition) is 1. The smallest absolute Gasteiger partial charge is 0.407 e. The first-order valence-corrected chi connectivity index (χ1v) is 22.0. The van der Waals surface area contributed by atoms with Crippen LogP contribution < -0.4 is 0 Å². The third kappa shape index (κ3) is 23.4. The van der Waals surface area contributed by atoms with Crippen LogP contribution in [0, 0.1) is 0 Å². The van der Waals surface area contributed by atoms with E-state index in [1.54, 1.807) is 12.0 Å². The molecule has 0 bridgehead atoms. The lowest BCUT2D eigenvalue weighted by atomic mass is 10.0. The highest BCUT2D eigenvalue weighted by Gasteiger charge is 2.36. The van der Waals surface area contributed by atoms with E-state index in [1.165, 1.54) is 103 Å². The molecule has 270 valence electrons. The molecule has 0 spiro atoms. The summed E-state index contributed by atoms with van der Waals surface area (Å²) < 4.78 is 18.0. The zero-order chi connectivity index (χ0) is 34.0. The highest BCUT2D eigenvalue weighted by molar-refractivity contribution is 6.74. The van der Waals surface area contributed by atoms with Crippen molar-refractivity contribution < 1.29 is 23.8 Å². The molecule has 0 fully saturated rings. The minimum atomic E-state index is -1.63. The van der Waals surface area contributed by atoms with E-state index in [-0.39, 0.29) is 11.1 Å². The van der Waals surface area contributed by atoms with Gasteiger partial charge in [0.2, 0.25) is 0 Å². The van der Waals surface area contributed by atoms with Gasteiger partial charge in [0.1, 0.15) is 5.60 Å². The predicted octanol–water partition coefficient (Wildman–Crippen LogP) is 12.0. The Hall–Kier alpha value is -0.633. The molecule has 1 amide bonds. The Morgan fingerprint density at radius 2 is 1.13 bits per heavy atom. The molecule has 0 aromatic heterocycles. The standard InChI is InChI=1S/C38H79NO5Si/c1-10-11-12-13-14-15-16-17-18-19-20-21-22-24-27-30-35(2)39(36(40)41)33-38(6,42-7)34-43-31-28-25-23-26-29-32-44-45(8,9)37(3,4)5/h35H,10-34H2,1-9H3,(H,40,41). The summed E-state index contributed by atoms with van der Waals surface area (Å²) >= 11 is 0. The summed E-state index contributed by atoms with van der Waals surface area (Å²) in [6.45, 7) is 20.1. The Labute approximate surface area is 282 Å². The van der Waals surface area contributed by atoms with Crippen molar-refractivity contribution in [3.05, 3.63) is 0 Å². The fraction of sp³-hybridized carbons (Fsp3) is 0.974. The Bertz CT molecular complexity index is 698. The largest absolute Gasteiger partial charge is 0.465 e. The summed E-state index contributed by atoms with van der Waals surface area (Å²) in [5, 5.41) is 10.2. The Balaban J connectivity index is 4.03. The lowest BCUT2D eigenvalue weighted by molar-refractivity contribution is -0.0810. The van der Waals surface area contributed by atoms with Crippen LogP contribution in [0.25, 0.3) is 0 Å². The number of carbonyl (C=O) groups is 1. The molecule has 2 atom stereocenters. The van der Waals surface area contributed by atoms with Gasteiger partial charge < -0.3 is 23.9 Å². The molecule has 0 aromatic rings. The maximum atomic E-state index is 12.1. The van der Waals surface area contributed by atoms with Crippen LogP contribution >= 0.6 is 0 Å². The molecule has 2 unspecified atom stereocenters. The topological polar surface area (TPSA) is 68.2 Å². The van der Waals surface area contributed by atoms with Crippen molar-refractivity contribution in [3.63, 3.8) is 0 Å². The number of rotatable bonds is 31. The van der Waals surface area contributed by atoms with E-state index in [9.17, 15) is 9.90 Å². The van der Waals surface area contributed by atoms with E-state index < -0.39 is 20.0 Å². The van der Waals surface area contributed by atoms with Crippen LogP contribution in [-0.2, 0) is 13.9 Å². The molecule has 0 saturated carbocycles. The van der Waals surface area contributed by atoms with E-state index in [1.807, 2.05) is 13.8 Å². The Morgan fingerprint density at radius 3 is 1.56 bits per heavy atom. The third-order valence-corrected chi connectivity index (χ3v) is 14.6. The molecule has 0 rings (SSSR count). The van der Waals surface area contributed by atoms with Gasteiger partial charge in [-0.2, -0.15) is 0 Å². The fourth-order valence-electron chi connectivity index (χ4n) is 5.58. The predicted molar refractivity (Wildman–Crippen MR) is 196 cm³/mol. The molecule has 0 aliphatic carbocycles. The first kappa shape index (κ1) is 44.4. The summed E-state index contributed by atoms with van der Waals surface area (Å²) in [5.74, 6) is 0. The van der Waals surface area contributed by atoms with Crippen molar-refractivity contribution in [1.82, 2.24) is 4.90 Å². The second kappa shape index (κ2) is 26.3. The third-order valence-electron chi connectivity index (χ3n) is 10.1. The molecule has 1 N–H and O–H groups in total. The van der Waals surface area contributed by atoms with E-state index in [0.717, 1.165) is 38.7 Å². The van der Waals surface area contributed by atoms with Gasteiger partial charge in [0.25, 0.3) is 0 Å². The second-order valence-electron chi connectivity index (χ2n) is 15.6. The second-order valence-corrected chi connectivity index (χ2v) is 20.4. The van der Waals surface area contributed by atoms with Gasteiger partial charge in [-0.15, -0.1) is 0 Å². The fourth-order valence-corrected chi connectivity index (χ4v) is 6.66. The van der Waals surface area contributed by atoms with E-state index in [2.05, 4.69) is 40.8 Å². The van der Waals surface area contributed by atoms with Crippen LogP contribution in [0.15, 0.2) is 0 Å². The molecule has 0 aliphatic rings. The van der Waals surface area contributed by atoms with Gasteiger partial charge in [-0.3, -0.25) is 0 Å². The number of methoxy groups -OCH3 is 1. The number of ether oxygens (including phenoxy) is 2. The van der Waals surface area contributed by atoms with Gasteiger partial charge in [-0.05, 0) is 51.2 Å². The van der Waals surface area contributed by atoms with Crippen LogP contribution in [0.3, 0.4) is 0 Å². The van der Waals surface area contributed by atoms with E-state index in [4.69, 9.17) is 13.9 Å². The van der Waals surface area contributed by atoms with Crippen LogP contribution in [0.5, 0.6) is 0 Å². The highest BCUT2D eigenvalue weighted by Crippen LogP contribution is 2.36. The van der Waals surface area contributed by atoms with Gasteiger partial charge in [-0.25, -0.2) is 4.79 Å². The molecule has 6 nitrogen and oxygen atoms in total. The zero-order valence-electron chi connectivity index (χ0n) is 31.8. The summed E-state index contributed by atoms with van der Waals surface area (Å²) in [5.41, 5.74) is -0.650. The minimum Gasteiger partial charge on any atom is -0.465 e. The van der Waals surface area contributed by atoms with Gasteiger partial charge in [0.15, 0.2) is 8.32 Å². The van der Waals surface area contributed by atoms with Crippen molar-refractivity contribution in [1.29, 1.82) is 0 Å². The van der Waals surface area contributed by atoms with Gasteiger partial charge >= 0.3 is 6.09 Å². The quantitative estimate of drug-likeness (QED) is 0.0593. The van der Waals surface area contributed by atoms with Gasteiger partial charge in [0, 0.05) is 26.4 Å². The van der Waals surface area contributed by atoms with Crippen molar-refractivity contribution in [2.45, 2.75) is 206 Å². The first-order chi connectivity index (χ1) is 21.3. The van der Waals surface area contributed by atoms with E-state index in [0.29, 0.717) is 19.8 Å². The summed E-state index contributed by atoms with van der Waals surface area (Å²) in [6, 6.07) is -0.0282. The molecular weight excluding hydrogens is 579 g/mol. The number of hydrogen-bond acceptors (Lipinski definition) is 4. The number of unbranched alkanes of at least 4 members (excludes halogenated alkanes) is 18. The molecule has 0 radical (unpaired) electrons. The van der Waals surface area contributed by atoms with E-state index >= 15 is 0 Å². The Kier molecular flexibility index (Phi) is 26.0. The summed E-state index contributed by atoms with van der Waals surface area (Å²) in [4.78, 5) is 13.7. The molecule has 0 heterocycles. The minimum absolute atomic E-state index is 0.0282. The number of nitrogens with zero attached hydrogens (tertiary/aromatic N) is 1. The Morgan fingerprint density at radius 1 is 0.711 bits per heavy atom. The molecule has 45 heavy (non-hydrogen) atoms. The monoisotopic (exact) mass is 658 g/mol. The SMILES string of the molecule is CCCCCCCCCCCCCCCCCC(C)N(CC(C)(COCCCCCCCO[Si](C)(C)C(C)(C)C)OC)C(=O)O. The number of carboxylic acid groups (broad SMARTS) is 1. The van der Waals surface area contributed by atoms with Crippen molar-refractivity contribution in [2.24, 2.45) is 0 Å². The zero-order valence-corrected chi connectivity index (χ0v) is 32.8. The van der Waals surface area contributed by atoms with Crippen LogP contribution in [0.2, 0.25) is 18.1 Å². The maximum absolute atomic E-state index is 12.1. The molecule has 0 aromatic carbocycles. The van der Waals surface area contributed by atoms with Crippen molar-refractivity contribution >= 4 is 14.4 Å². The molecular formula is C38H79NO5Si. The molecule has 0 saturated heterocycles. The molecule has 0 aliphatic heterocycles. The van der Waals surface area contributed by atoms with Crippen LogP contribution in [0.1, 0.15) is 176 Å². The van der Waals surface area contributed by atoms with Gasteiger partial charge in [-0.1, -0.05) is 143 Å². The van der Waals surface area contributed by atoms with Crippen molar-refractivity contribution in [3.8, 4) is 0 Å². The lowest BCUT2D eigenvalue weighted by Gasteiger charge is -2.36. The van der Waals surface area contributed by atoms with Crippen LogP contribution in [0.4, 0.5) is 4.79 Å². The molecule has 7 heteroatoms. The highest BCUT2D eigenvalue weighted by atomic mass is 28.4. The van der Waals surface area contributed by atoms with Crippen molar-refractivity contribution in [2.75, 3.05) is 33.5 Å².